The van der Waals surface area contributed by atoms with Gasteiger partial charge in [0.25, 0.3) is 0 Å². The van der Waals surface area contributed by atoms with Gasteiger partial charge in [-0.25, -0.2) is 9.97 Å². The second kappa shape index (κ2) is 7.36. The number of ether oxygens (including phenoxy) is 1. The Morgan fingerprint density at radius 3 is 2.63 bits per heavy atom. The van der Waals surface area contributed by atoms with Crippen LogP contribution in [0.4, 0.5) is 5.69 Å². The second-order valence-corrected chi connectivity index (χ2v) is 7.86. The van der Waals surface area contributed by atoms with Gasteiger partial charge in [0.15, 0.2) is 5.58 Å². The Labute approximate surface area is 173 Å². The van der Waals surface area contributed by atoms with Crippen molar-refractivity contribution in [3.63, 3.8) is 0 Å². The van der Waals surface area contributed by atoms with Gasteiger partial charge in [0.05, 0.1) is 24.3 Å². The van der Waals surface area contributed by atoms with E-state index < -0.39 is 12.2 Å². The van der Waals surface area contributed by atoms with Crippen LogP contribution in [0.15, 0.2) is 52.9 Å². The van der Waals surface area contributed by atoms with Gasteiger partial charge in [0.2, 0.25) is 5.89 Å². The number of hydrogen-bond donors (Lipinski definition) is 2. The number of aliphatic hydroxyl groups excluding tert-OH is 2. The van der Waals surface area contributed by atoms with E-state index in [1.165, 1.54) is 0 Å². The largest absolute Gasteiger partial charge is 0.435 e. The lowest BCUT2D eigenvalue weighted by Gasteiger charge is -2.13. The zero-order valence-corrected chi connectivity index (χ0v) is 16.8. The maximum absolute atomic E-state index is 9.99. The number of nitrogens with zero attached hydrogens (tertiary/aromatic N) is 3. The van der Waals surface area contributed by atoms with Gasteiger partial charge in [-0.05, 0) is 35.9 Å². The van der Waals surface area contributed by atoms with Gasteiger partial charge >= 0.3 is 0 Å². The molecule has 1 aliphatic rings. The molecular formula is C23H23N3O4. The molecule has 0 bridgehead atoms. The maximum Gasteiger partial charge on any atom is 0.246 e. The first-order chi connectivity index (χ1) is 14.5. The van der Waals surface area contributed by atoms with Crippen LogP contribution >= 0.6 is 0 Å². The van der Waals surface area contributed by atoms with Crippen LogP contribution in [-0.2, 0) is 4.74 Å². The third-order valence-electron chi connectivity index (χ3n) is 5.60. The summed E-state index contributed by atoms with van der Waals surface area (Å²) in [7, 11) is 3.97. The number of hydrogen-bond acceptors (Lipinski definition) is 7. The van der Waals surface area contributed by atoms with Crippen molar-refractivity contribution in [1.29, 1.82) is 0 Å². The van der Waals surface area contributed by atoms with E-state index in [2.05, 4.69) is 4.98 Å². The Hall–Kier alpha value is -3.00. The second-order valence-electron chi connectivity index (χ2n) is 7.86. The lowest BCUT2D eigenvalue weighted by molar-refractivity contribution is -0.0225. The van der Waals surface area contributed by atoms with E-state index in [9.17, 15) is 10.2 Å². The van der Waals surface area contributed by atoms with Crippen LogP contribution in [0.3, 0.4) is 0 Å². The molecule has 7 heteroatoms. The summed E-state index contributed by atoms with van der Waals surface area (Å²) in [6, 6.07) is 15.7. The number of aromatic nitrogens is 2. The molecule has 1 saturated heterocycles. The molecule has 5 rings (SSSR count). The van der Waals surface area contributed by atoms with E-state index in [1.807, 2.05) is 67.5 Å². The first kappa shape index (κ1) is 19.0. The Balaban J connectivity index is 1.46. The monoisotopic (exact) mass is 405 g/mol. The molecule has 1 fully saturated rings. The average Bonchev–Trinajstić information content (AvgIpc) is 3.35. The number of pyridine rings is 1. The fraction of sp³-hybridized carbons (Fsp3) is 0.304. The maximum atomic E-state index is 9.99. The predicted octanol–water partition coefficient (Wildman–Crippen LogP) is 3.29. The highest BCUT2D eigenvalue weighted by Crippen LogP contribution is 2.34. The van der Waals surface area contributed by atoms with E-state index in [4.69, 9.17) is 14.1 Å². The topological polar surface area (TPSA) is 91.9 Å². The molecule has 2 N–H and O–H groups in total. The van der Waals surface area contributed by atoms with Gasteiger partial charge in [-0.2, -0.15) is 0 Å². The molecule has 1 aliphatic heterocycles. The lowest BCUT2D eigenvalue weighted by Crippen LogP contribution is -2.24. The van der Waals surface area contributed by atoms with Crippen LogP contribution in [0.25, 0.3) is 33.6 Å². The summed E-state index contributed by atoms with van der Waals surface area (Å²) in [5, 5.41) is 20.2. The van der Waals surface area contributed by atoms with Gasteiger partial charge in [-0.3, -0.25) is 0 Å². The third kappa shape index (κ3) is 3.31. The fourth-order valence-corrected chi connectivity index (χ4v) is 3.87. The fourth-order valence-electron chi connectivity index (χ4n) is 3.87. The summed E-state index contributed by atoms with van der Waals surface area (Å²) in [5.74, 6) is 0.486. The number of fused-ring (bicyclic) bond motifs is 2. The van der Waals surface area contributed by atoms with Crippen molar-refractivity contribution in [3.8, 4) is 11.6 Å². The molecule has 0 spiro atoms. The zero-order valence-electron chi connectivity index (χ0n) is 16.8. The Morgan fingerprint density at radius 1 is 1.03 bits per heavy atom. The molecule has 30 heavy (non-hydrogen) atoms. The van der Waals surface area contributed by atoms with Crippen molar-refractivity contribution in [2.45, 2.75) is 24.7 Å². The van der Waals surface area contributed by atoms with Crippen LogP contribution in [0.1, 0.15) is 18.1 Å². The van der Waals surface area contributed by atoms with Gasteiger partial charge < -0.3 is 24.3 Å². The SMILES string of the molecule is CN(C)c1ccc2nc(-c3ccc4cc([C@H]5C[C@H](O)[C@@H](CO)O5)ccc4n3)oc2c1. The number of anilines is 1. The third-order valence-corrected chi connectivity index (χ3v) is 5.60. The summed E-state index contributed by atoms with van der Waals surface area (Å²) in [5.41, 5.74) is 5.03. The summed E-state index contributed by atoms with van der Waals surface area (Å²) < 4.78 is 11.7. The summed E-state index contributed by atoms with van der Waals surface area (Å²) >= 11 is 0. The normalized spacial score (nSPS) is 21.5. The summed E-state index contributed by atoms with van der Waals surface area (Å²) in [6.07, 6.45) is -0.939. The van der Waals surface area contributed by atoms with Crippen LogP contribution in [0.2, 0.25) is 0 Å². The predicted molar refractivity (Wildman–Crippen MR) is 114 cm³/mol. The highest BCUT2D eigenvalue weighted by atomic mass is 16.5. The molecular weight excluding hydrogens is 382 g/mol. The number of aliphatic hydroxyl groups is 2. The van der Waals surface area contributed by atoms with E-state index >= 15 is 0 Å². The van der Waals surface area contributed by atoms with Crippen LogP contribution in [0.5, 0.6) is 0 Å². The quantitative estimate of drug-likeness (QED) is 0.538. The molecule has 2 aromatic heterocycles. The Kier molecular flexibility index (Phi) is 4.66. The van der Waals surface area contributed by atoms with Crippen molar-refractivity contribution in [1.82, 2.24) is 9.97 Å². The van der Waals surface area contributed by atoms with Crippen molar-refractivity contribution in [3.05, 3.63) is 54.1 Å². The molecule has 0 aliphatic carbocycles. The zero-order chi connectivity index (χ0) is 20.8. The van der Waals surface area contributed by atoms with Crippen LogP contribution in [-0.4, -0.2) is 53.1 Å². The molecule has 0 radical (unpaired) electrons. The lowest BCUT2D eigenvalue weighted by atomic mass is 10.0. The summed E-state index contributed by atoms with van der Waals surface area (Å²) in [4.78, 5) is 11.3. The van der Waals surface area contributed by atoms with Crippen molar-refractivity contribution in [2.75, 3.05) is 25.6 Å². The van der Waals surface area contributed by atoms with Crippen molar-refractivity contribution >= 4 is 27.7 Å². The van der Waals surface area contributed by atoms with E-state index in [0.717, 1.165) is 33.3 Å². The molecule has 3 heterocycles. The minimum absolute atomic E-state index is 0.184. The van der Waals surface area contributed by atoms with Gasteiger partial charge in [-0.1, -0.05) is 12.1 Å². The van der Waals surface area contributed by atoms with E-state index in [1.54, 1.807) is 0 Å². The smallest absolute Gasteiger partial charge is 0.246 e. The molecule has 4 aromatic rings. The highest BCUT2D eigenvalue weighted by Gasteiger charge is 2.34. The molecule has 154 valence electrons. The van der Waals surface area contributed by atoms with Crippen LogP contribution < -0.4 is 4.90 Å². The summed E-state index contributed by atoms with van der Waals surface area (Å²) in [6.45, 7) is -0.184. The minimum Gasteiger partial charge on any atom is -0.435 e. The average molecular weight is 405 g/mol. The minimum atomic E-state index is -0.650. The number of rotatable bonds is 4. The molecule has 0 amide bonds. The molecule has 0 unspecified atom stereocenters. The molecule has 2 aromatic carbocycles. The van der Waals surface area contributed by atoms with Gasteiger partial charge in [0.1, 0.15) is 17.3 Å². The Morgan fingerprint density at radius 2 is 1.87 bits per heavy atom. The molecule has 3 atom stereocenters. The first-order valence-corrected chi connectivity index (χ1v) is 9.95. The molecule has 0 saturated carbocycles. The van der Waals surface area contributed by atoms with E-state index in [0.29, 0.717) is 18.0 Å². The molecule has 7 nitrogen and oxygen atoms in total. The number of oxazole rings is 1. The van der Waals surface area contributed by atoms with Crippen molar-refractivity contribution in [2.24, 2.45) is 0 Å². The van der Waals surface area contributed by atoms with Crippen LogP contribution in [0, 0.1) is 0 Å². The number of benzene rings is 2. The van der Waals surface area contributed by atoms with Crippen molar-refractivity contribution < 1.29 is 19.4 Å². The van der Waals surface area contributed by atoms with Gasteiger partial charge in [-0.15, -0.1) is 0 Å². The van der Waals surface area contributed by atoms with E-state index in [-0.39, 0.29) is 12.7 Å². The standard InChI is InChI=1S/C23H23N3O4/c1-26(2)15-5-8-17-21(10-15)30-23(25-17)18-7-3-13-9-14(4-6-16(13)24-18)20-11-19(28)22(12-27)29-20/h3-10,19-20,22,27-28H,11-12H2,1-2H3/t19-,20+,22+/m0/s1. The highest BCUT2D eigenvalue weighted by molar-refractivity contribution is 5.83. The van der Waals surface area contributed by atoms with Gasteiger partial charge in [0, 0.05) is 37.7 Å². The Bertz CT molecular complexity index is 1220. The first-order valence-electron chi connectivity index (χ1n) is 9.95.